The first-order chi connectivity index (χ1) is 15.4. The molecule has 190 valence electrons. The predicted octanol–water partition coefficient (Wildman–Crippen LogP) is 4.42. The van der Waals surface area contributed by atoms with Crippen LogP contribution in [0.5, 0.6) is 0 Å². The Morgan fingerprint density at radius 1 is 0.909 bits per heavy atom. The standard InChI is InChI=1S/C28H48O5/c1-15(2)16(3)24(30)25(31)17(4)20-7-8-21-19-14-33-26(32)23-13-18(29)9-11-28(23,6)22(19)10-12-27(20,21)5/h15-25,29-31H,7-14H2,1-6H3/t16?,17-,18+,19-,20+,21-,22-,23+,24+,25+,27+,28+/m0/s1. The van der Waals surface area contributed by atoms with Gasteiger partial charge >= 0.3 is 5.97 Å². The molecule has 12 atom stereocenters. The number of carbonyl (C=O) groups excluding carboxylic acids is 1. The van der Waals surface area contributed by atoms with E-state index in [1.165, 1.54) is 0 Å². The molecule has 33 heavy (non-hydrogen) atoms. The molecule has 1 aliphatic heterocycles. The molecule has 1 unspecified atom stereocenters. The fourth-order valence-corrected chi connectivity index (χ4v) is 8.90. The molecule has 5 nitrogen and oxygen atoms in total. The van der Waals surface area contributed by atoms with Crippen molar-refractivity contribution in [3.63, 3.8) is 0 Å². The van der Waals surface area contributed by atoms with Gasteiger partial charge in [0.2, 0.25) is 0 Å². The van der Waals surface area contributed by atoms with Gasteiger partial charge in [-0.05, 0) is 97.2 Å². The zero-order valence-electron chi connectivity index (χ0n) is 21.7. The molecule has 0 aromatic rings. The van der Waals surface area contributed by atoms with Gasteiger partial charge in [0.05, 0.1) is 30.8 Å². The minimum absolute atomic E-state index is 0.0363. The van der Waals surface area contributed by atoms with Crippen molar-refractivity contribution >= 4 is 5.97 Å². The molecule has 0 amide bonds. The van der Waals surface area contributed by atoms with Crippen LogP contribution in [0.4, 0.5) is 0 Å². The number of rotatable bonds is 5. The van der Waals surface area contributed by atoms with Crippen LogP contribution in [-0.2, 0) is 9.53 Å². The van der Waals surface area contributed by atoms with Gasteiger partial charge < -0.3 is 20.1 Å². The summed E-state index contributed by atoms with van der Waals surface area (Å²) in [7, 11) is 0. The van der Waals surface area contributed by atoms with Crippen LogP contribution in [0.1, 0.15) is 86.5 Å². The van der Waals surface area contributed by atoms with Gasteiger partial charge in [0, 0.05) is 0 Å². The predicted molar refractivity (Wildman–Crippen MR) is 128 cm³/mol. The summed E-state index contributed by atoms with van der Waals surface area (Å²) >= 11 is 0. The molecule has 1 saturated heterocycles. The summed E-state index contributed by atoms with van der Waals surface area (Å²) in [6.45, 7) is 13.6. The average molecular weight is 465 g/mol. The maximum absolute atomic E-state index is 13.0. The molecule has 3 saturated carbocycles. The van der Waals surface area contributed by atoms with Crippen LogP contribution in [-0.4, -0.2) is 46.2 Å². The zero-order valence-corrected chi connectivity index (χ0v) is 21.7. The minimum Gasteiger partial charge on any atom is -0.465 e. The van der Waals surface area contributed by atoms with E-state index in [0.29, 0.717) is 42.6 Å². The van der Waals surface area contributed by atoms with E-state index in [-0.39, 0.29) is 40.7 Å². The van der Waals surface area contributed by atoms with Crippen molar-refractivity contribution in [1.82, 2.24) is 0 Å². The van der Waals surface area contributed by atoms with Gasteiger partial charge in [0.25, 0.3) is 0 Å². The van der Waals surface area contributed by atoms with Gasteiger partial charge in [0.1, 0.15) is 0 Å². The second-order valence-electron chi connectivity index (χ2n) is 13.2. The SMILES string of the molecule is CC(C)C(C)[C@@H](O)[C@H](O)[C@@H](C)[C@H]1CC[C@H]2[C@@H]3COC(=O)[C@H]4C[C@H](O)CC[C@]4(C)[C@H]3CC[C@]12C. The Kier molecular flexibility index (Phi) is 7.01. The largest absolute Gasteiger partial charge is 0.465 e. The Bertz CT molecular complexity index is 723. The first-order valence-corrected chi connectivity index (χ1v) is 13.6. The Labute approximate surface area is 200 Å². The zero-order chi connectivity index (χ0) is 24.3. The number of carbonyl (C=O) groups is 1. The van der Waals surface area contributed by atoms with Crippen molar-refractivity contribution in [1.29, 1.82) is 0 Å². The van der Waals surface area contributed by atoms with Crippen molar-refractivity contribution in [2.24, 2.45) is 58.2 Å². The highest BCUT2D eigenvalue weighted by Gasteiger charge is 2.62. The number of esters is 1. The van der Waals surface area contributed by atoms with E-state index in [4.69, 9.17) is 4.74 Å². The number of hydrogen-bond donors (Lipinski definition) is 3. The molecule has 3 aliphatic carbocycles. The molecule has 0 aromatic carbocycles. The normalized spacial score (nSPS) is 46.9. The molecular formula is C28H48O5. The minimum atomic E-state index is -0.714. The summed E-state index contributed by atoms with van der Waals surface area (Å²) in [6.07, 6.45) is 4.78. The van der Waals surface area contributed by atoms with Gasteiger partial charge in [-0.3, -0.25) is 4.79 Å². The quantitative estimate of drug-likeness (QED) is 0.524. The lowest BCUT2D eigenvalue weighted by molar-refractivity contribution is -0.155. The van der Waals surface area contributed by atoms with Crippen molar-refractivity contribution in [2.45, 2.75) is 105 Å². The second kappa shape index (κ2) is 9.09. The molecule has 3 N–H and O–H groups in total. The maximum Gasteiger partial charge on any atom is 0.309 e. The van der Waals surface area contributed by atoms with Crippen molar-refractivity contribution in [3.8, 4) is 0 Å². The van der Waals surface area contributed by atoms with E-state index in [1.807, 2.05) is 6.92 Å². The van der Waals surface area contributed by atoms with E-state index in [9.17, 15) is 20.1 Å². The number of ether oxygens (including phenoxy) is 1. The molecule has 5 heteroatoms. The van der Waals surface area contributed by atoms with Crippen LogP contribution in [0.2, 0.25) is 0 Å². The summed E-state index contributed by atoms with van der Waals surface area (Å²) in [6, 6.07) is 0. The first kappa shape index (κ1) is 25.4. The molecule has 4 aliphatic rings. The molecular weight excluding hydrogens is 416 g/mol. The monoisotopic (exact) mass is 464 g/mol. The number of fused-ring (bicyclic) bond motifs is 5. The van der Waals surface area contributed by atoms with Gasteiger partial charge in [0.15, 0.2) is 0 Å². The highest BCUT2D eigenvalue weighted by Crippen LogP contribution is 2.66. The Hall–Kier alpha value is -0.650. The van der Waals surface area contributed by atoms with Gasteiger partial charge in [-0.25, -0.2) is 0 Å². The summed E-state index contributed by atoms with van der Waals surface area (Å²) in [5.41, 5.74) is 0.00402. The van der Waals surface area contributed by atoms with E-state index >= 15 is 0 Å². The molecule has 0 aromatic heterocycles. The highest BCUT2D eigenvalue weighted by molar-refractivity contribution is 5.74. The third-order valence-electron chi connectivity index (χ3n) is 11.5. The van der Waals surface area contributed by atoms with Crippen LogP contribution in [0.15, 0.2) is 0 Å². The lowest BCUT2D eigenvalue weighted by Gasteiger charge is -2.55. The second-order valence-corrected chi connectivity index (χ2v) is 13.2. The van der Waals surface area contributed by atoms with Gasteiger partial charge in [-0.1, -0.05) is 41.5 Å². The lowest BCUT2D eigenvalue weighted by atomic mass is 9.48. The van der Waals surface area contributed by atoms with Crippen molar-refractivity contribution in [3.05, 3.63) is 0 Å². The van der Waals surface area contributed by atoms with E-state index < -0.39 is 12.2 Å². The smallest absolute Gasteiger partial charge is 0.309 e. The van der Waals surface area contributed by atoms with Crippen LogP contribution >= 0.6 is 0 Å². The van der Waals surface area contributed by atoms with Crippen LogP contribution in [0, 0.1) is 58.2 Å². The van der Waals surface area contributed by atoms with Gasteiger partial charge in [-0.15, -0.1) is 0 Å². The lowest BCUT2D eigenvalue weighted by Crippen LogP contribution is -2.52. The highest BCUT2D eigenvalue weighted by atomic mass is 16.5. The fourth-order valence-electron chi connectivity index (χ4n) is 8.90. The third-order valence-corrected chi connectivity index (χ3v) is 11.5. The average Bonchev–Trinajstić information content (AvgIpc) is 3.08. The summed E-state index contributed by atoms with van der Waals surface area (Å²) < 4.78 is 5.91. The van der Waals surface area contributed by atoms with Crippen LogP contribution in [0.25, 0.3) is 0 Å². The summed E-state index contributed by atoms with van der Waals surface area (Å²) in [4.78, 5) is 13.0. The van der Waals surface area contributed by atoms with Crippen molar-refractivity contribution in [2.75, 3.05) is 6.61 Å². The molecule has 0 spiro atoms. The summed E-state index contributed by atoms with van der Waals surface area (Å²) in [5.74, 6) is 1.78. The maximum atomic E-state index is 13.0. The molecule has 4 rings (SSSR count). The van der Waals surface area contributed by atoms with E-state index in [1.54, 1.807) is 0 Å². The number of aliphatic hydroxyl groups excluding tert-OH is 3. The third kappa shape index (κ3) is 4.08. The topological polar surface area (TPSA) is 87.0 Å². The molecule has 4 fully saturated rings. The Morgan fingerprint density at radius 3 is 2.21 bits per heavy atom. The number of aliphatic hydroxyl groups is 3. The Morgan fingerprint density at radius 2 is 1.55 bits per heavy atom. The van der Waals surface area contributed by atoms with E-state index in [2.05, 4.69) is 34.6 Å². The van der Waals surface area contributed by atoms with Crippen LogP contribution in [0.3, 0.4) is 0 Å². The fraction of sp³-hybridized carbons (Fsp3) is 0.964. The number of hydrogen-bond acceptors (Lipinski definition) is 5. The molecule has 0 bridgehead atoms. The van der Waals surface area contributed by atoms with Crippen LogP contribution < -0.4 is 0 Å². The summed E-state index contributed by atoms with van der Waals surface area (Å²) in [5, 5.41) is 32.3. The Balaban J connectivity index is 1.56. The van der Waals surface area contributed by atoms with E-state index in [0.717, 1.165) is 38.5 Å². The first-order valence-electron chi connectivity index (χ1n) is 13.6. The molecule has 1 heterocycles. The molecule has 0 radical (unpaired) electrons. The van der Waals surface area contributed by atoms with Gasteiger partial charge in [-0.2, -0.15) is 0 Å². The number of cyclic esters (lactones) is 1. The van der Waals surface area contributed by atoms with Crippen molar-refractivity contribution < 1.29 is 24.9 Å².